The first-order chi connectivity index (χ1) is 9.21. The number of benzene rings is 1. The van der Waals surface area contributed by atoms with Gasteiger partial charge in [-0.2, -0.15) is 0 Å². The van der Waals surface area contributed by atoms with Gasteiger partial charge in [-0.25, -0.2) is 0 Å². The van der Waals surface area contributed by atoms with Gasteiger partial charge in [-0.3, -0.25) is 4.90 Å². The second-order valence-electron chi connectivity index (χ2n) is 4.47. The Labute approximate surface area is 123 Å². The van der Waals surface area contributed by atoms with Gasteiger partial charge in [0.05, 0.1) is 13.2 Å². The lowest BCUT2D eigenvalue weighted by molar-refractivity contribution is 0.156. The van der Waals surface area contributed by atoms with E-state index >= 15 is 0 Å². The molecular formula is C14H23BrN2O2. The summed E-state index contributed by atoms with van der Waals surface area (Å²) in [5.74, 6) is 0. The molecule has 0 fully saturated rings. The van der Waals surface area contributed by atoms with Crippen LogP contribution in [-0.4, -0.2) is 55.0 Å². The van der Waals surface area contributed by atoms with E-state index in [1.807, 2.05) is 19.2 Å². The highest BCUT2D eigenvalue weighted by molar-refractivity contribution is 9.10. The molecule has 0 spiro atoms. The van der Waals surface area contributed by atoms with Crippen LogP contribution in [0, 0.1) is 0 Å². The number of halogens is 1. The molecule has 1 aromatic rings. The first-order valence-corrected chi connectivity index (χ1v) is 7.37. The molecule has 19 heavy (non-hydrogen) atoms. The van der Waals surface area contributed by atoms with Gasteiger partial charge in [-0.15, -0.1) is 0 Å². The minimum absolute atomic E-state index is 0.126. The van der Waals surface area contributed by atoms with Crippen molar-refractivity contribution in [2.24, 2.45) is 0 Å². The molecule has 0 aliphatic carbocycles. The summed E-state index contributed by atoms with van der Waals surface area (Å²) < 4.78 is 1.08. The third-order valence-electron chi connectivity index (χ3n) is 3.17. The molecule has 0 radical (unpaired) electrons. The third kappa shape index (κ3) is 6.01. The standard InChI is InChI=1S/C14H23BrN2O2/c1-16-14(12-3-2-4-13(15)11-12)5-6-17(7-9-18)8-10-19/h2-4,11,14,16,18-19H,5-10H2,1H3. The van der Waals surface area contributed by atoms with Gasteiger partial charge in [0.25, 0.3) is 0 Å². The number of nitrogens with one attached hydrogen (secondary N) is 1. The number of aliphatic hydroxyl groups is 2. The van der Waals surface area contributed by atoms with E-state index in [2.05, 4.69) is 38.3 Å². The lowest BCUT2D eigenvalue weighted by Crippen LogP contribution is -2.33. The number of hydrogen-bond acceptors (Lipinski definition) is 4. The van der Waals surface area contributed by atoms with Crippen molar-refractivity contribution in [1.29, 1.82) is 0 Å². The Balaban J connectivity index is 2.56. The predicted octanol–water partition coefficient (Wildman–Crippen LogP) is 1.39. The summed E-state index contributed by atoms with van der Waals surface area (Å²) in [5, 5.41) is 21.3. The molecular weight excluding hydrogens is 308 g/mol. The van der Waals surface area contributed by atoms with Crippen LogP contribution in [0.1, 0.15) is 18.0 Å². The van der Waals surface area contributed by atoms with E-state index in [0.717, 1.165) is 17.4 Å². The summed E-state index contributed by atoms with van der Waals surface area (Å²) in [5.41, 5.74) is 1.24. The Morgan fingerprint density at radius 1 is 1.21 bits per heavy atom. The summed E-state index contributed by atoms with van der Waals surface area (Å²) in [6, 6.07) is 8.54. The number of nitrogens with zero attached hydrogens (tertiary/aromatic N) is 1. The second kappa shape index (κ2) is 9.44. The van der Waals surface area contributed by atoms with Gasteiger partial charge >= 0.3 is 0 Å². The van der Waals surface area contributed by atoms with Gasteiger partial charge in [-0.1, -0.05) is 28.1 Å². The number of aliphatic hydroxyl groups excluding tert-OH is 2. The maximum atomic E-state index is 8.99. The molecule has 5 heteroatoms. The molecule has 3 N–H and O–H groups in total. The molecule has 0 bridgehead atoms. The van der Waals surface area contributed by atoms with Crippen molar-refractivity contribution < 1.29 is 10.2 Å². The van der Waals surface area contributed by atoms with Crippen molar-refractivity contribution in [1.82, 2.24) is 10.2 Å². The maximum Gasteiger partial charge on any atom is 0.0558 e. The Morgan fingerprint density at radius 2 is 1.89 bits per heavy atom. The van der Waals surface area contributed by atoms with Crippen LogP contribution in [-0.2, 0) is 0 Å². The summed E-state index contributed by atoms with van der Waals surface area (Å²) >= 11 is 3.49. The molecule has 4 nitrogen and oxygen atoms in total. The molecule has 1 rings (SSSR count). The van der Waals surface area contributed by atoms with E-state index in [9.17, 15) is 0 Å². The van der Waals surface area contributed by atoms with Crippen LogP contribution < -0.4 is 5.32 Å². The molecule has 108 valence electrons. The van der Waals surface area contributed by atoms with E-state index in [1.165, 1.54) is 5.56 Å². The molecule has 1 atom stereocenters. The first kappa shape index (κ1) is 16.6. The zero-order valence-corrected chi connectivity index (χ0v) is 12.9. The summed E-state index contributed by atoms with van der Waals surface area (Å²) in [7, 11) is 1.95. The Kier molecular flexibility index (Phi) is 8.25. The van der Waals surface area contributed by atoms with Gasteiger partial charge in [0.15, 0.2) is 0 Å². The highest BCUT2D eigenvalue weighted by Crippen LogP contribution is 2.20. The van der Waals surface area contributed by atoms with E-state index in [0.29, 0.717) is 13.1 Å². The quantitative estimate of drug-likeness (QED) is 0.640. The average molecular weight is 331 g/mol. The van der Waals surface area contributed by atoms with Crippen LogP contribution in [0.3, 0.4) is 0 Å². The SMILES string of the molecule is CNC(CCN(CCO)CCO)c1cccc(Br)c1. The van der Waals surface area contributed by atoms with E-state index in [1.54, 1.807) is 0 Å². The van der Waals surface area contributed by atoms with Crippen molar-refractivity contribution in [2.75, 3.05) is 39.9 Å². The van der Waals surface area contributed by atoms with Crippen molar-refractivity contribution in [3.05, 3.63) is 34.3 Å². The maximum absolute atomic E-state index is 8.99. The largest absolute Gasteiger partial charge is 0.395 e. The first-order valence-electron chi connectivity index (χ1n) is 6.58. The molecule has 0 saturated heterocycles. The van der Waals surface area contributed by atoms with Crippen LogP contribution in [0.4, 0.5) is 0 Å². The monoisotopic (exact) mass is 330 g/mol. The molecule has 0 heterocycles. The van der Waals surface area contributed by atoms with Crippen molar-refractivity contribution in [3.8, 4) is 0 Å². The minimum Gasteiger partial charge on any atom is -0.395 e. The summed E-state index contributed by atoms with van der Waals surface area (Å²) in [4.78, 5) is 2.07. The fourth-order valence-electron chi connectivity index (χ4n) is 2.13. The molecule has 0 amide bonds. The lowest BCUT2D eigenvalue weighted by atomic mass is 10.0. The van der Waals surface area contributed by atoms with E-state index < -0.39 is 0 Å². The fourth-order valence-corrected chi connectivity index (χ4v) is 2.55. The van der Waals surface area contributed by atoms with Crippen LogP contribution in [0.2, 0.25) is 0 Å². The molecule has 1 unspecified atom stereocenters. The van der Waals surface area contributed by atoms with Gasteiger partial charge in [0.1, 0.15) is 0 Å². The molecule has 1 aromatic carbocycles. The van der Waals surface area contributed by atoms with Gasteiger partial charge in [-0.05, 0) is 31.2 Å². The summed E-state index contributed by atoms with van der Waals surface area (Å²) in [6.07, 6.45) is 0.937. The Bertz CT molecular complexity index is 357. The topological polar surface area (TPSA) is 55.7 Å². The predicted molar refractivity (Wildman–Crippen MR) is 81.2 cm³/mol. The molecule has 0 aliphatic heterocycles. The highest BCUT2D eigenvalue weighted by atomic mass is 79.9. The lowest BCUT2D eigenvalue weighted by Gasteiger charge is -2.24. The van der Waals surface area contributed by atoms with Gasteiger partial charge in [0, 0.05) is 30.1 Å². The van der Waals surface area contributed by atoms with Crippen molar-refractivity contribution in [2.45, 2.75) is 12.5 Å². The van der Waals surface area contributed by atoms with E-state index in [4.69, 9.17) is 10.2 Å². The zero-order chi connectivity index (χ0) is 14.1. The molecule has 0 aliphatic rings. The number of hydrogen-bond donors (Lipinski definition) is 3. The smallest absolute Gasteiger partial charge is 0.0558 e. The average Bonchev–Trinajstić information content (AvgIpc) is 2.40. The Morgan fingerprint density at radius 3 is 2.42 bits per heavy atom. The zero-order valence-electron chi connectivity index (χ0n) is 11.3. The second-order valence-corrected chi connectivity index (χ2v) is 5.39. The van der Waals surface area contributed by atoms with Crippen LogP contribution in [0.25, 0.3) is 0 Å². The van der Waals surface area contributed by atoms with Crippen LogP contribution >= 0.6 is 15.9 Å². The van der Waals surface area contributed by atoms with Gasteiger partial charge in [0.2, 0.25) is 0 Å². The fraction of sp³-hybridized carbons (Fsp3) is 0.571. The van der Waals surface area contributed by atoms with Gasteiger partial charge < -0.3 is 15.5 Å². The summed E-state index contributed by atoms with van der Waals surface area (Å²) in [6.45, 7) is 2.31. The molecule has 0 saturated carbocycles. The van der Waals surface area contributed by atoms with Crippen molar-refractivity contribution in [3.63, 3.8) is 0 Å². The molecule has 0 aromatic heterocycles. The normalized spacial score (nSPS) is 12.9. The highest BCUT2D eigenvalue weighted by Gasteiger charge is 2.12. The minimum atomic E-state index is 0.126. The third-order valence-corrected chi connectivity index (χ3v) is 3.66. The van der Waals surface area contributed by atoms with Crippen LogP contribution in [0.5, 0.6) is 0 Å². The van der Waals surface area contributed by atoms with Crippen molar-refractivity contribution >= 4 is 15.9 Å². The van der Waals surface area contributed by atoms with Crippen LogP contribution in [0.15, 0.2) is 28.7 Å². The van der Waals surface area contributed by atoms with E-state index in [-0.39, 0.29) is 19.3 Å². The Hall–Kier alpha value is -0.460. The number of rotatable bonds is 9.